The topological polar surface area (TPSA) is 52.6 Å². The number of carbonyl (C=O) groups excluding carboxylic acids is 2. The van der Waals surface area contributed by atoms with Gasteiger partial charge >= 0.3 is 11.9 Å². The summed E-state index contributed by atoms with van der Waals surface area (Å²) in [6.45, 7) is 8.92. The lowest BCUT2D eigenvalue weighted by molar-refractivity contribution is -0.150. The van der Waals surface area contributed by atoms with Crippen molar-refractivity contribution in [3.63, 3.8) is 0 Å². The maximum Gasteiger partial charge on any atom is 0.345 e. The highest BCUT2D eigenvalue weighted by Gasteiger charge is 2.22. The van der Waals surface area contributed by atoms with Crippen molar-refractivity contribution >= 4 is 11.9 Å². The highest BCUT2D eigenvalue weighted by molar-refractivity contribution is 6.14. The Bertz CT molecular complexity index is 266. The molecule has 0 unspecified atom stereocenters. The number of esters is 2. The molecule has 4 nitrogen and oxygen atoms in total. The number of allylic oxidation sites excluding steroid dienone is 1. The van der Waals surface area contributed by atoms with E-state index in [4.69, 9.17) is 9.47 Å². The first kappa shape index (κ1) is 15.7. The minimum atomic E-state index is -0.612. The van der Waals surface area contributed by atoms with E-state index in [1.165, 1.54) is 0 Å². The number of hydrogen-bond acceptors (Lipinski definition) is 4. The molecule has 0 aliphatic rings. The number of carbonyl (C=O) groups is 2. The van der Waals surface area contributed by atoms with E-state index in [1.807, 2.05) is 6.92 Å². The molecule has 0 fully saturated rings. The molecule has 0 aromatic carbocycles. The molecule has 0 aliphatic heterocycles. The molecule has 4 heteroatoms. The molecule has 17 heavy (non-hydrogen) atoms. The monoisotopic (exact) mass is 242 g/mol. The van der Waals surface area contributed by atoms with E-state index in [2.05, 4.69) is 0 Å². The standard InChI is InChI=1S/C13H22O4/c1-6-7-8-11(12(14)16-9(2)3)13(15)17-10(4)5/h8-10H,6-7H2,1-5H3. The van der Waals surface area contributed by atoms with Gasteiger partial charge in [-0.05, 0) is 34.1 Å². The zero-order valence-corrected chi connectivity index (χ0v) is 11.3. The number of hydrogen-bond donors (Lipinski definition) is 0. The van der Waals surface area contributed by atoms with E-state index in [0.717, 1.165) is 6.42 Å². The second-order valence-electron chi connectivity index (χ2n) is 4.31. The summed E-state index contributed by atoms with van der Waals surface area (Å²) in [5.74, 6) is -1.22. The third kappa shape index (κ3) is 6.76. The van der Waals surface area contributed by atoms with E-state index in [-0.39, 0.29) is 17.8 Å². The van der Waals surface area contributed by atoms with E-state index in [0.29, 0.717) is 6.42 Å². The SMILES string of the molecule is CCCC=C(C(=O)OC(C)C)C(=O)OC(C)C. The molecule has 0 spiro atoms. The molecule has 0 aromatic rings. The van der Waals surface area contributed by atoms with Crippen molar-refractivity contribution < 1.29 is 19.1 Å². The van der Waals surface area contributed by atoms with Crippen LogP contribution in [0.25, 0.3) is 0 Å². The van der Waals surface area contributed by atoms with Crippen LogP contribution in [0.15, 0.2) is 11.6 Å². The smallest absolute Gasteiger partial charge is 0.345 e. The Morgan fingerprint density at radius 2 is 1.41 bits per heavy atom. The zero-order valence-electron chi connectivity index (χ0n) is 11.3. The van der Waals surface area contributed by atoms with E-state index < -0.39 is 11.9 Å². The molecule has 0 radical (unpaired) electrons. The van der Waals surface area contributed by atoms with Gasteiger partial charge in [-0.3, -0.25) is 0 Å². The minimum absolute atomic E-state index is 0.00532. The Balaban J connectivity index is 4.75. The Morgan fingerprint density at radius 3 is 1.71 bits per heavy atom. The summed E-state index contributed by atoms with van der Waals surface area (Å²) in [5.41, 5.74) is -0.00532. The van der Waals surface area contributed by atoms with Gasteiger partial charge in [0.15, 0.2) is 0 Å². The number of rotatable bonds is 6. The lowest BCUT2D eigenvalue weighted by atomic mass is 10.2. The Morgan fingerprint density at radius 1 is 1.00 bits per heavy atom. The lowest BCUT2D eigenvalue weighted by Crippen LogP contribution is -2.23. The van der Waals surface area contributed by atoms with Crippen LogP contribution in [0.2, 0.25) is 0 Å². The summed E-state index contributed by atoms with van der Waals surface area (Å²) in [6.07, 6.45) is 2.58. The highest BCUT2D eigenvalue weighted by atomic mass is 16.6. The van der Waals surface area contributed by atoms with Crippen LogP contribution in [0.3, 0.4) is 0 Å². The predicted molar refractivity (Wildman–Crippen MR) is 65.4 cm³/mol. The molecule has 0 N–H and O–H groups in total. The largest absolute Gasteiger partial charge is 0.459 e. The molecule has 0 bridgehead atoms. The van der Waals surface area contributed by atoms with Crippen molar-refractivity contribution in [2.75, 3.05) is 0 Å². The predicted octanol–water partition coefficient (Wildman–Crippen LogP) is 2.62. The maximum atomic E-state index is 11.7. The van der Waals surface area contributed by atoms with Gasteiger partial charge in [0.05, 0.1) is 12.2 Å². The van der Waals surface area contributed by atoms with Crippen molar-refractivity contribution in [3.05, 3.63) is 11.6 Å². The second kappa shape index (κ2) is 7.87. The normalized spacial score (nSPS) is 10.3. The van der Waals surface area contributed by atoms with Gasteiger partial charge in [-0.15, -0.1) is 0 Å². The molecule has 0 heterocycles. The third-order valence-electron chi connectivity index (χ3n) is 1.76. The van der Waals surface area contributed by atoms with Crippen molar-refractivity contribution in [3.8, 4) is 0 Å². The van der Waals surface area contributed by atoms with Gasteiger partial charge in [-0.1, -0.05) is 19.4 Å². The fraction of sp³-hybridized carbons (Fsp3) is 0.692. The average Bonchev–Trinajstić information content (AvgIpc) is 2.15. The zero-order chi connectivity index (χ0) is 13.4. The Hall–Kier alpha value is -1.32. The molecule has 0 amide bonds. The van der Waals surface area contributed by atoms with Gasteiger partial charge in [0.25, 0.3) is 0 Å². The summed E-state index contributed by atoms with van der Waals surface area (Å²) in [5, 5.41) is 0. The van der Waals surface area contributed by atoms with E-state index >= 15 is 0 Å². The number of unbranched alkanes of at least 4 members (excludes halogenated alkanes) is 1. The highest BCUT2D eigenvalue weighted by Crippen LogP contribution is 2.08. The minimum Gasteiger partial charge on any atom is -0.459 e. The fourth-order valence-corrected chi connectivity index (χ4v) is 1.09. The fourth-order valence-electron chi connectivity index (χ4n) is 1.09. The van der Waals surface area contributed by atoms with Crippen LogP contribution in [-0.2, 0) is 19.1 Å². The van der Waals surface area contributed by atoms with Gasteiger partial charge in [0.1, 0.15) is 5.57 Å². The van der Waals surface area contributed by atoms with Crippen LogP contribution in [0, 0.1) is 0 Å². The summed E-state index contributed by atoms with van der Waals surface area (Å²) < 4.78 is 10.0. The van der Waals surface area contributed by atoms with E-state index in [9.17, 15) is 9.59 Å². The Kier molecular flexibility index (Phi) is 7.26. The molecule has 0 aromatic heterocycles. The Labute approximate surface area is 103 Å². The molecular weight excluding hydrogens is 220 g/mol. The van der Waals surface area contributed by atoms with Crippen LogP contribution in [0.5, 0.6) is 0 Å². The van der Waals surface area contributed by atoms with Crippen LogP contribution < -0.4 is 0 Å². The molecular formula is C13H22O4. The van der Waals surface area contributed by atoms with Gasteiger partial charge in [-0.25, -0.2) is 9.59 Å². The molecule has 0 aliphatic carbocycles. The maximum absolute atomic E-state index is 11.7. The van der Waals surface area contributed by atoms with Crippen LogP contribution in [-0.4, -0.2) is 24.1 Å². The first-order chi connectivity index (χ1) is 7.88. The van der Waals surface area contributed by atoms with Crippen molar-refractivity contribution in [2.45, 2.75) is 59.7 Å². The van der Waals surface area contributed by atoms with E-state index in [1.54, 1.807) is 33.8 Å². The summed E-state index contributed by atoms with van der Waals surface area (Å²) in [7, 11) is 0. The van der Waals surface area contributed by atoms with Crippen LogP contribution in [0.1, 0.15) is 47.5 Å². The van der Waals surface area contributed by atoms with Crippen LogP contribution >= 0.6 is 0 Å². The van der Waals surface area contributed by atoms with Gasteiger partial charge in [0.2, 0.25) is 0 Å². The van der Waals surface area contributed by atoms with Crippen molar-refractivity contribution in [2.24, 2.45) is 0 Å². The number of ether oxygens (including phenoxy) is 2. The summed E-state index contributed by atoms with van der Waals surface area (Å²) in [6, 6.07) is 0. The first-order valence-electron chi connectivity index (χ1n) is 6.00. The lowest BCUT2D eigenvalue weighted by Gasteiger charge is -2.12. The molecule has 0 rings (SSSR count). The van der Waals surface area contributed by atoms with Gasteiger partial charge < -0.3 is 9.47 Å². The molecule has 0 saturated carbocycles. The quantitative estimate of drug-likeness (QED) is 0.311. The molecule has 98 valence electrons. The first-order valence-corrected chi connectivity index (χ1v) is 6.00. The molecule has 0 saturated heterocycles. The van der Waals surface area contributed by atoms with Crippen LogP contribution in [0.4, 0.5) is 0 Å². The van der Waals surface area contributed by atoms with Gasteiger partial charge in [0, 0.05) is 0 Å². The average molecular weight is 242 g/mol. The summed E-state index contributed by atoms with van der Waals surface area (Å²) in [4.78, 5) is 23.4. The van der Waals surface area contributed by atoms with Gasteiger partial charge in [-0.2, -0.15) is 0 Å². The summed E-state index contributed by atoms with van der Waals surface area (Å²) >= 11 is 0. The van der Waals surface area contributed by atoms with Crippen molar-refractivity contribution in [1.29, 1.82) is 0 Å². The molecule has 0 atom stereocenters. The van der Waals surface area contributed by atoms with Crippen molar-refractivity contribution in [1.82, 2.24) is 0 Å². The second-order valence-corrected chi connectivity index (χ2v) is 4.31. The third-order valence-corrected chi connectivity index (χ3v) is 1.76.